The standard InChI is InChI=1S/C12H11F3O3/c13-12(14,15)8-3-5-9(6-4-8)18-10(11(16)17)7-1-2-7/h3-7,10H,1-2H2,(H,16,17). The lowest BCUT2D eigenvalue weighted by Gasteiger charge is -2.15. The molecule has 1 atom stereocenters. The summed E-state index contributed by atoms with van der Waals surface area (Å²) in [4.78, 5) is 10.9. The second kappa shape index (κ2) is 4.51. The molecule has 0 spiro atoms. The van der Waals surface area contributed by atoms with Crippen LogP contribution >= 0.6 is 0 Å². The van der Waals surface area contributed by atoms with E-state index in [0.717, 1.165) is 37.1 Å². The van der Waals surface area contributed by atoms with E-state index in [1.807, 2.05) is 0 Å². The van der Waals surface area contributed by atoms with E-state index in [-0.39, 0.29) is 11.7 Å². The van der Waals surface area contributed by atoms with Gasteiger partial charge in [0.2, 0.25) is 0 Å². The van der Waals surface area contributed by atoms with Gasteiger partial charge in [0.05, 0.1) is 5.56 Å². The van der Waals surface area contributed by atoms with Gasteiger partial charge in [-0.05, 0) is 37.1 Å². The molecule has 1 aliphatic rings. The summed E-state index contributed by atoms with van der Waals surface area (Å²) in [7, 11) is 0. The smallest absolute Gasteiger partial charge is 0.416 e. The molecule has 0 heterocycles. The van der Waals surface area contributed by atoms with Crippen LogP contribution in [0.1, 0.15) is 18.4 Å². The van der Waals surface area contributed by atoms with Crippen molar-refractivity contribution in [3.05, 3.63) is 29.8 Å². The third kappa shape index (κ3) is 2.94. The molecule has 1 aliphatic carbocycles. The largest absolute Gasteiger partial charge is 0.478 e. The molecule has 1 fully saturated rings. The summed E-state index contributed by atoms with van der Waals surface area (Å²) in [5.41, 5.74) is -0.784. The monoisotopic (exact) mass is 260 g/mol. The third-order valence-electron chi connectivity index (χ3n) is 2.74. The van der Waals surface area contributed by atoms with Crippen LogP contribution in [0.2, 0.25) is 0 Å². The zero-order valence-corrected chi connectivity index (χ0v) is 9.28. The quantitative estimate of drug-likeness (QED) is 0.905. The van der Waals surface area contributed by atoms with Gasteiger partial charge in [-0.25, -0.2) is 4.79 Å². The third-order valence-corrected chi connectivity index (χ3v) is 2.74. The van der Waals surface area contributed by atoms with Gasteiger partial charge in [-0.2, -0.15) is 13.2 Å². The highest BCUT2D eigenvalue weighted by Gasteiger charge is 2.38. The average Bonchev–Trinajstić information content (AvgIpc) is 3.08. The second-order valence-corrected chi connectivity index (χ2v) is 4.24. The van der Waals surface area contributed by atoms with E-state index >= 15 is 0 Å². The van der Waals surface area contributed by atoms with Crippen LogP contribution in [0.5, 0.6) is 5.75 Å². The first-order valence-corrected chi connectivity index (χ1v) is 5.44. The number of carboxylic acids is 1. The minimum Gasteiger partial charge on any atom is -0.478 e. The summed E-state index contributed by atoms with van der Waals surface area (Å²) in [6.45, 7) is 0. The fourth-order valence-electron chi connectivity index (χ4n) is 1.62. The van der Waals surface area contributed by atoms with E-state index in [4.69, 9.17) is 9.84 Å². The number of carboxylic acid groups (broad SMARTS) is 1. The molecule has 98 valence electrons. The van der Waals surface area contributed by atoms with Crippen molar-refractivity contribution in [2.24, 2.45) is 5.92 Å². The molecule has 1 aromatic rings. The first kappa shape index (κ1) is 12.7. The minimum absolute atomic E-state index is 0.0372. The number of hydrogen-bond acceptors (Lipinski definition) is 2. The lowest BCUT2D eigenvalue weighted by Crippen LogP contribution is -2.29. The highest BCUT2D eigenvalue weighted by Crippen LogP contribution is 2.36. The molecule has 1 saturated carbocycles. The van der Waals surface area contributed by atoms with Crippen LogP contribution in [-0.2, 0) is 11.0 Å². The molecule has 6 heteroatoms. The van der Waals surface area contributed by atoms with Crippen LogP contribution in [-0.4, -0.2) is 17.2 Å². The van der Waals surface area contributed by atoms with Gasteiger partial charge in [0.25, 0.3) is 0 Å². The molecule has 0 amide bonds. The molecule has 2 rings (SSSR count). The van der Waals surface area contributed by atoms with Gasteiger partial charge in [0, 0.05) is 5.92 Å². The molecular weight excluding hydrogens is 249 g/mol. The van der Waals surface area contributed by atoms with Crippen molar-refractivity contribution in [1.82, 2.24) is 0 Å². The van der Waals surface area contributed by atoms with Crippen molar-refractivity contribution in [2.75, 3.05) is 0 Å². The van der Waals surface area contributed by atoms with Crippen LogP contribution in [0, 0.1) is 5.92 Å². The van der Waals surface area contributed by atoms with Crippen molar-refractivity contribution in [1.29, 1.82) is 0 Å². The Hall–Kier alpha value is -1.72. The minimum atomic E-state index is -4.40. The van der Waals surface area contributed by atoms with E-state index in [1.54, 1.807) is 0 Å². The van der Waals surface area contributed by atoms with Gasteiger partial charge in [-0.15, -0.1) is 0 Å². The topological polar surface area (TPSA) is 46.5 Å². The molecule has 0 aliphatic heterocycles. The molecule has 1 unspecified atom stereocenters. The highest BCUT2D eigenvalue weighted by atomic mass is 19.4. The Morgan fingerprint density at radius 1 is 1.28 bits per heavy atom. The summed E-state index contributed by atoms with van der Waals surface area (Å²) in [6, 6.07) is 4.03. The maximum Gasteiger partial charge on any atom is 0.416 e. The van der Waals surface area contributed by atoms with Crippen LogP contribution in [0.4, 0.5) is 13.2 Å². The van der Waals surface area contributed by atoms with Gasteiger partial charge in [-0.1, -0.05) is 0 Å². The molecular formula is C12H11F3O3. The Morgan fingerprint density at radius 2 is 1.83 bits per heavy atom. The van der Waals surface area contributed by atoms with Crippen LogP contribution in [0.25, 0.3) is 0 Å². The number of halogens is 3. The predicted molar refractivity (Wildman–Crippen MR) is 56.2 cm³/mol. The fourth-order valence-corrected chi connectivity index (χ4v) is 1.62. The SMILES string of the molecule is O=C(O)C(Oc1ccc(C(F)(F)F)cc1)C1CC1. The maximum atomic E-state index is 12.3. The van der Waals surface area contributed by atoms with Crippen molar-refractivity contribution in [3.63, 3.8) is 0 Å². The van der Waals surface area contributed by atoms with Crippen molar-refractivity contribution in [3.8, 4) is 5.75 Å². The van der Waals surface area contributed by atoms with E-state index < -0.39 is 23.8 Å². The first-order valence-electron chi connectivity index (χ1n) is 5.44. The Bertz CT molecular complexity index is 435. The zero-order chi connectivity index (χ0) is 13.3. The van der Waals surface area contributed by atoms with Crippen LogP contribution in [0.3, 0.4) is 0 Å². The van der Waals surface area contributed by atoms with E-state index in [1.165, 1.54) is 0 Å². The summed E-state index contributed by atoms with van der Waals surface area (Å²) in [5, 5.41) is 8.92. The lowest BCUT2D eigenvalue weighted by atomic mass is 10.2. The fraction of sp³-hybridized carbons (Fsp3) is 0.417. The van der Waals surface area contributed by atoms with Crippen molar-refractivity contribution in [2.45, 2.75) is 25.1 Å². The first-order chi connectivity index (χ1) is 8.38. The maximum absolute atomic E-state index is 12.3. The summed E-state index contributed by atoms with van der Waals surface area (Å²) < 4.78 is 42.1. The number of benzene rings is 1. The number of ether oxygens (including phenoxy) is 1. The lowest BCUT2D eigenvalue weighted by molar-refractivity contribution is -0.146. The molecule has 1 aromatic carbocycles. The highest BCUT2D eigenvalue weighted by molar-refractivity contribution is 5.73. The molecule has 0 radical (unpaired) electrons. The molecule has 1 N–H and O–H groups in total. The van der Waals surface area contributed by atoms with Crippen LogP contribution in [0.15, 0.2) is 24.3 Å². The van der Waals surface area contributed by atoms with E-state index in [9.17, 15) is 18.0 Å². The Morgan fingerprint density at radius 3 is 2.22 bits per heavy atom. The van der Waals surface area contributed by atoms with Gasteiger partial charge < -0.3 is 9.84 Å². The van der Waals surface area contributed by atoms with Crippen LogP contribution < -0.4 is 4.74 Å². The summed E-state index contributed by atoms with van der Waals surface area (Å²) in [6.07, 6.45) is -3.82. The molecule has 0 aromatic heterocycles. The van der Waals surface area contributed by atoms with E-state index in [2.05, 4.69) is 0 Å². The predicted octanol–water partition coefficient (Wildman–Crippen LogP) is 2.95. The normalized spacial score (nSPS) is 17.3. The summed E-state index contributed by atoms with van der Waals surface area (Å²) in [5.74, 6) is -0.982. The van der Waals surface area contributed by atoms with Gasteiger partial charge >= 0.3 is 12.1 Å². The van der Waals surface area contributed by atoms with Crippen molar-refractivity contribution >= 4 is 5.97 Å². The van der Waals surface area contributed by atoms with Gasteiger partial charge in [-0.3, -0.25) is 0 Å². The number of alkyl halides is 3. The number of aliphatic carboxylic acids is 1. The van der Waals surface area contributed by atoms with E-state index in [0.29, 0.717) is 0 Å². The molecule has 18 heavy (non-hydrogen) atoms. The average molecular weight is 260 g/mol. The number of hydrogen-bond donors (Lipinski definition) is 1. The Labute approximate surface area is 101 Å². The zero-order valence-electron chi connectivity index (χ0n) is 9.28. The molecule has 3 nitrogen and oxygen atoms in total. The molecule has 0 bridgehead atoms. The number of rotatable bonds is 4. The number of carbonyl (C=O) groups is 1. The Balaban J connectivity index is 2.07. The van der Waals surface area contributed by atoms with Crippen molar-refractivity contribution < 1.29 is 27.8 Å². The molecule has 0 saturated heterocycles. The summed E-state index contributed by atoms with van der Waals surface area (Å²) >= 11 is 0. The second-order valence-electron chi connectivity index (χ2n) is 4.24. The van der Waals surface area contributed by atoms with Gasteiger partial charge in [0.15, 0.2) is 6.10 Å². The van der Waals surface area contributed by atoms with Gasteiger partial charge in [0.1, 0.15) is 5.75 Å². The Kier molecular flexibility index (Phi) is 3.19.